The van der Waals surface area contributed by atoms with Crippen LogP contribution in [-0.4, -0.2) is 22.7 Å². The number of hydrogen-bond acceptors (Lipinski definition) is 3. The Labute approximate surface area is 123 Å². The van der Waals surface area contributed by atoms with Gasteiger partial charge >= 0.3 is 0 Å². The van der Waals surface area contributed by atoms with Crippen LogP contribution in [0.1, 0.15) is 17.5 Å². The van der Waals surface area contributed by atoms with E-state index in [4.69, 9.17) is 0 Å². The van der Waals surface area contributed by atoms with Crippen LogP contribution in [0.2, 0.25) is 0 Å². The minimum absolute atomic E-state index is 0.112. The molecule has 21 heavy (non-hydrogen) atoms. The normalized spacial score (nSPS) is 13.8. The van der Waals surface area contributed by atoms with Gasteiger partial charge in [0.15, 0.2) is 0 Å². The predicted octanol–water partition coefficient (Wildman–Crippen LogP) is 2.62. The number of phenolic OH excluding ortho intramolecular Hbond substituents is 2. The lowest BCUT2D eigenvalue weighted by molar-refractivity contribution is -0.118. The van der Waals surface area contributed by atoms with Gasteiger partial charge in [-0.3, -0.25) is 4.79 Å². The summed E-state index contributed by atoms with van der Waals surface area (Å²) in [4.78, 5) is 14.2. The molecule has 1 heterocycles. The van der Waals surface area contributed by atoms with Gasteiger partial charge in [0.2, 0.25) is 5.91 Å². The van der Waals surface area contributed by atoms with Gasteiger partial charge in [-0.15, -0.1) is 0 Å². The minimum atomic E-state index is -0.112. The molecular weight excluding hydrogens is 266 g/mol. The Balaban J connectivity index is 1.89. The molecule has 1 aliphatic rings. The third kappa shape index (κ3) is 2.57. The Hall–Kier alpha value is -2.49. The lowest BCUT2D eigenvalue weighted by atomic mass is 10.00. The molecule has 0 saturated heterocycles. The number of para-hydroxylation sites is 2. The number of aromatic hydroxyl groups is 2. The summed E-state index contributed by atoms with van der Waals surface area (Å²) in [6.45, 7) is 0.594. The van der Waals surface area contributed by atoms with Crippen LogP contribution in [0.5, 0.6) is 11.5 Å². The van der Waals surface area contributed by atoms with Crippen LogP contribution in [0.15, 0.2) is 42.5 Å². The number of carbonyl (C=O) groups is 1. The molecule has 4 nitrogen and oxygen atoms in total. The number of aryl methyl sites for hydroxylation is 1. The second-order valence-corrected chi connectivity index (χ2v) is 5.24. The van der Waals surface area contributed by atoms with E-state index in [2.05, 4.69) is 0 Å². The van der Waals surface area contributed by atoms with Gasteiger partial charge in [0.05, 0.1) is 12.1 Å². The highest BCUT2D eigenvalue weighted by atomic mass is 16.3. The van der Waals surface area contributed by atoms with E-state index in [1.807, 2.05) is 6.07 Å². The summed E-state index contributed by atoms with van der Waals surface area (Å²) in [6.07, 6.45) is 1.87. The zero-order valence-corrected chi connectivity index (χ0v) is 11.6. The van der Waals surface area contributed by atoms with E-state index >= 15 is 0 Å². The standard InChI is InChI=1S/C17H17NO3/c19-14-8-2-1-5-13(14)11-16(21)18-10-4-7-12-6-3-9-15(20)17(12)18/h1-3,5-6,8-9,19-20H,4,7,10-11H2. The first-order valence-corrected chi connectivity index (χ1v) is 7.05. The molecule has 4 heteroatoms. The van der Waals surface area contributed by atoms with Crippen molar-refractivity contribution in [1.82, 2.24) is 0 Å². The van der Waals surface area contributed by atoms with E-state index in [0.717, 1.165) is 18.4 Å². The summed E-state index contributed by atoms with van der Waals surface area (Å²) >= 11 is 0. The van der Waals surface area contributed by atoms with Crippen molar-refractivity contribution in [2.24, 2.45) is 0 Å². The van der Waals surface area contributed by atoms with Crippen molar-refractivity contribution in [2.45, 2.75) is 19.3 Å². The first kappa shape index (κ1) is 13.5. The van der Waals surface area contributed by atoms with Gasteiger partial charge in [0, 0.05) is 12.1 Å². The average Bonchev–Trinajstić information content (AvgIpc) is 2.49. The van der Waals surface area contributed by atoms with Crippen molar-refractivity contribution >= 4 is 11.6 Å². The molecule has 0 saturated carbocycles. The summed E-state index contributed by atoms with van der Waals surface area (Å²) in [5.41, 5.74) is 2.21. The summed E-state index contributed by atoms with van der Waals surface area (Å²) in [6, 6.07) is 12.2. The number of amides is 1. The molecule has 1 amide bonds. The van der Waals surface area contributed by atoms with Crippen molar-refractivity contribution in [1.29, 1.82) is 0 Å². The van der Waals surface area contributed by atoms with Crippen molar-refractivity contribution in [2.75, 3.05) is 11.4 Å². The van der Waals surface area contributed by atoms with Crippen molar-refractivity contribution in [3.8, 4) is 11.5 Å². The second kappa shape index (κ2) is 5.48. The molecule has 1 aliphatic heterocycles. The molecule has 108 valence electrons. The van der Waals surface area contributed by atoms with Crippen LogP contribution in [0, 0.1) is 0 Å². The molecule has 0 unspecified atom stereocenters. The highest BCUT2D eigenvalue weighted by Gasteiger charge is 2.25. The number of phenols is 2. The van der Waals surface area contributed by atoms with Gasteiger partial charge < -0.3 is 15.1 Å². The van der Waals surface area contributed by atoms with Crippen LogP contribution in [0.4, 0.5) is 5.69 Å². The Kier molecular flexibility index (Phi) is 3.52. The van der Waals surface area contributed by atoms with Gasteiger partial charge in [-0.2, -0.15) is 0 Å². The molecule has 0 aliphatic carbocycles. The Morgan fingerprint density at radius 2 is 1.81 bits per heavy atom. The van der Waals surface area contributed by atoms with Gasteiger partial charge in [-0.1, -0.05) is 30.3 Å². The Morgan fingerprint density at radius 1 is 1.05 bits per heavy atom. The molecule has 0 spiro atoms. The van der Waals surface area contributed by atoms with E-state index in [0.29, 0.717) is 17.8 Å². The molecule has 2 aromatic rings. The maximum absolute atomic E-state index is 12.5. The van der Waals surface area contributed by atoms with Gasteiger partial charge in [-0.25, -0.2) is 0 Å². The van der Waals surface area contributed by atoms with Crippen LogP contribution < -0.4 is 4.90 Å². The summed E-state index contributed by atoms with van der Waals surface area (Å²) in [5.74, 6) is 0.150. The third-order valence-electron chi connectivity index (χ3n) is 3.83. The molecule has 0 fully saturated rings. The largest absolute Gasteiger partial charge is 0.508 e. The lowest BCUT2D eigenvalue weighted by Gasteiger charge is -2.30. The number of anilines is 1. The monoisotopic (exact) mass is 283 g/mol. The number of hydrogen-bond donors (Lipinski definition) is 2. The lowest BCUT2D eigenvalue weighted by Crippen LogP contribution is -2.36. The van der Waals surface area contributed by atoms with Gasteiger partial charge in [0.25, 0.3) is 0 Å². The third-order valence-corrected chi connectivity index (χ3v) is 3.83. The van der Waals surface area contributed by atoms with E-state index in [1.165, 1.54) is 0 Å². The zero-order chi connectivity index (χ0) is 14.8. The van der Waals surface area contributed by atoms with Crippen molar-refractivity contribution in [3.63, 3.8) is 0 Å². The zero-order valence-electron chi connectivity index (χ0n) is 11.6. The number of nitrogens with zero attached hydrogens (tertiary/aromatic N) is 1. The summed E-state index contributed by atoms with van der Waals surface area (Å²) < 4.78 is 0. The smallest absolute Gasteiger partial charge is 0.231 e. The number of rotatable bonds is 2. The average molecular weight is 283 g/mol. The fraction of sp³-hybridized carbons (Fsp3) is 0.235. The van der Waals surface area contributed by atoms with E-state index in [1.54, 1.807) is 41.3 Å². The first-order valence-electron chi connectivity index (χ1n) is 7.05. The molecule has 2 aromatic carbocycles. The molecule has 0 atom stereocenters. The number of benzene rings is 2. The summed E-state index contributed by atoms with van der Waals surface area (Å²) in [5, 5.41) is 19.8. The molecule has 0 radical (unpaired) electrons. The molecular formula is C17H17NO3. The SMILES string of the molecule is O=C(Cc1ccccc1O)N1CCCc2cccc(O)c21. The Morgan fingerprint density at radius 3 is 2.62 bits per heavy atom. The topological polar surface area (TPSA) is 60.8 Å². The van der Waals surface area contributed by atoms with Crippen LogP contribution in [0.25, 0.3) is 0 Å². The molecule has 2 N–H and O–H groups in total. The molecule has 0 aromatic heterocycles. The maximum atomic E-state index is 12.5. The Bertz CT molecular complexity index is 681. The highest BCUT2D eigenvalue weighted by molar-refractivity contribution is 5.97. The van der Waals surface area contributed by atoms with Crippen LogP contribution >= 0.6 is 0 Å². The number of fused-ring (bicyclic) bond motifs is 1. The van der Waals surface area contributed by atoms with E-state index < -0.39 is 0 Å². The molecule has 3 rings (SSSR count). The quantitative estimate of drug-likeness (QED) is 0.890. The van der Waals surface area contributed by atoms with Crippen molar-refractivity contribution in [3.05, 3.63) is 53.6 Å². The fourth-order valence-corrected chi connectivity index (χ4v) is 2.80. The predicted molar refractivity (Wildman–Crippen MR) is 80.6 cm³/mol. The second-order valence-electron chi connectivity index (χ2n) is 5.24. The number of carbonyl (C=O) groups excluding carboxylic acids is 1. The van der Waals surface area contributed by atoms with Crippen LogP contribution in [0.3, 0.4) is 0 Å². The highest BCUT2D eigenvalue weighted by Crippen LogP contribution is 2.35. The van der Waals surface area contributed by atoms with Gasteiger partial charge in [0.1, 0.15) is 11.5 Å². The van der Waals surface area contributed by atoms with Crippen molar-refractivity contribution < 1.29 is 15.0 Å². The molecule has 0 bridgehead atoms. The van der Waals surface area contributed by atoms with E-state index in [9.17, 15) is 15.0 Å². The fourth-order valence-electron chi connectivity index (χ4n) is 2.80. The minimum Gasteiger partial charge on any atom is -0.508 e. The van der Waals surface area contributed by atoms with Gasteiger partial charge in [-0.05, 0) is 30.5 Å². The van der Waals surface area contributed by atoms with E-state index in [-0.39, 0.29) is 23.8 Å². The maximum Gasteiger partial charge on any atom is 0.231 e. The first-order chi connectivity index (χ1) is 10.2. The van der Waals surface area contributed by atoms with Crippen LogP contribution in [-0.2, 0) is 17.6 Å². The summed E-state index contributed by atoms with van der Waals surface area (Å²) in [7, 11) is 0.